The van der Waals surface area contributed by atoms with Gasteiger partial charge in [0.15, 0.2) is 15.7 Å². The summed E-state index contributed by atoms with van der Waals surface area (Å²) in [5.41, 5.74) is 3.65. The Kier molecular flexibility index (Phi) is 10.0. The molecule has 5 aromatic rings. The Balaban J connectivity index is 1.22. The van der Waals surface area contributed by atoms with Crippen LogP contribution in [0.4, 0.5) is 13.2 Å². The lowest BCUT2D eigenvalue weighted by molar-refractivity contribution is -0.134. The molecule has 5 fully saturated rings. The number of aromatic nitrogens is 2. The molecule has 2 aliphatic carbocycles. The van der Waals surface area contributed by atoms with Crippen molar-refractivity contribution in [2.45, 2.75) is 75.8 Å². The first-order valence-corrected chi connectivity index (χ1v) is 23.0. The third kappa shape index (κ3) is 6.70. The van der Waals surface area contributed by atoms with E-state index in [-0.39, 0.29) is 100 Å². The number of hydrogen-bond donors (Lipinski definition) is 1. The van der Waals surface area contributed by atoms with Gasteiger partial charge in [0, 0.05) is 71.0 Å². The number of benzene rings is 3. The van der Waals surface area contributed by atoms with Gasteiger partial charge >= 0.3 is 0 Å². The molecule has 5 atom stereocenters. The minimum Gasteiger partial charge on any atom is -0.371 e. The number of rotatable bonds is 10. The highest BCUT2D eigenvalue weighted by molar-refractivity contribution is 7.91. The number of fused-ring (bicyclic) bond motifs is 4. The fourth-order valence-corrected chi connectivity index (χ4v) is 11.5. The number of aryl methyl sites for hydroxylation is 1. The van der Waals surface area contributed by atoms with Gasteiger partial charge in [0.25, 0.3) is 0 Å². The monoisotopic (exact) mass is 873 g/mol. The van der Waals surface area contributed by atoms with E-state index < -0.39 is 39.4 Å². The summed E-state index contributed by atoms with van der Waals surface area (Å²) in [4.78, 5) is 21.1. The van der Waals surface area contributed by atoms with Gasteiger partial charge in [-0.1, -0.05) is 47.5 Å². The zero-order valence-electron chi connectivity index (χ0n) is 32.4. The highest BCUT2D eigenvalue weighted by Crippen LogP contribution is 2.52. The Morgan fingerprint density at radius 2 is 1.83 bits per heavy atom. The number of carbonyl (C=O) groups excluding carboxylic acids is 1. The van der Waals surface area contributed by atoms with Crippen molar-refractivity contribution in [3.8, 4) is 17.2 Å². The van der Waals surface area contributed by atoms with Crippen molar-refractivity contribution in [1.29, 1.82) is 5.26 Å². The van der Waals surface area contributed by atoms with Crippen LogP contribution in [-0.2, 0) is 32.4 Å². The topological polar surface area (TPSA) is 117 Å². The molecule has 0 spiro atoms. The molecule has 2 saturated carbocycles. The fourth-order valence-electron chi connectivity index (χ4n) is 9.96. The van der Waals surface area contributed by atoms with Gasteiger partial charge in [-0.25, -0.2) is 26.6 Å². The third-order valence-electron chi connectivity index (χ3n) is 13.2. The lowest BCUT2D eigenvalue weighted by atomic mass is 9.79. The molecule has 0 radical (unpaired) electrons. The van der Waals surface area contributed by atoms with Gasteiger partial charge in [0.2, 0.25) is 5.91 Å². The predicted octanol–water partition coefficient (Wildman–Crippen LogP) is 9.04. The molecule has 9 nitrogen and oxygen atoms in total. The second-order valence-corrected chi connectivity index (χ2v) is 19.8. The molecule has 4 aliphatic heterocycles. The second kappa shape index (κ2) is 15.2. The average molecular weight is 875 g/mol. The van der Waals surface area contributed by atoms with Crippen LogP contribution < -0.4 is 5.32 Å². The van der Waals surface area contributed by atoms with E-state index in [4.69, 9.17) is 32.9 Å². The molecule has 11 rings (SSSR count). The van der Waals surface area contributed by atoms with E-state index in [1.807, 2.05) is 17.0 Å². The number of allylic oxidation sites excluding steroid dienone is 1. The molecule has 6 aliphatic rings. The summed E-state index contributed by atoms with van der Waals surface area (Å²) in [5, 5.41) is 15.0. The van der Waals surface area contributed by atoms with Crippen molar-refractivity contribution in [1.82, 2.24) is 19.8 Å². The number of nitrogens with one attached hydrogen (secondary N) is 1. The van der Waals surface area contributed by atoms with E-state index in [9.17, 15) is 27.3 Å². The highest BCUT2D eigenvalue weighted by Gasteiger charge is 2.51. The van der Waals surface area contributed by atoms with Crippen molar-refractivity contribution in [3.63, 3.8) is 0 Å². The normalized spacial score (nSPS) is 24.5. The quantitative estimate of drug-likeness (QED) is 0.149. The summed E-state index contributed by atoms with van der Waals surface area (Å²) in [6.07, 6.45) is 4.45. The van der Waals surface area contributed by atoms with E-state index in [2.05, 4.69) is 16.0 Å². The highest BCUT2D eigenvalue weighted by atomic mass is 35.5. The molecule has 310 valence electrons. The van der Waals surface area contributed by atoms with Gasteiger partial charge in [-0.3, -0.25) is 4.79 Å². The van der Waals surface area contributed by atoms with Crippen LogP contribution in [0.1, 0.15) is 73.1 Å². The molecule has 2 aromatic heterocycles. The molecular weight excluding hydrogens is 834 g/mol. The number of nitrogens with zero attached hydrogens (tertiary/aromatic N) is 4. The largest absolute Gasteiger partial charge is 0.371 e. The van der Waals surface area contributed by atoms with Crippen LogP contribution in [0.3, 0.4) is 0 Å². The number of likely N-dealkylation sites (tertiary alicyclic amines) is 1. The molecule has 15 heteroatoms. The summed E-state index contributed by atoms with van der Waals surface area (Å²) in [5.74, 6) is -2.21. The average Bonchev–Trinajstić information content (AvgIpc) is 3.50. The molecular formula is C45H40Cl2F3N5O4S. The zero-order chi connectivity index (χ0) is 41.6. The standard InChI is InChI=1S/C45H40Cl2F3N5O4S/c46-32-6-1-5-28(39(32)47)38-25(4-3-13-51)16-29-42(40(38)50)53-41(23-11-14-60(57,58)15-12-23)30-19-37(55(44(29)30)43-26-17-35(43)52-20-26)36-18-27(21-54(36)45(56)24-9-10-24)59-22-31-33(48)7-2-8-34(31)49/h1-2,5-8,11,16,19,24,26-27,35-36,43,52H,3-4,9-10,12,14-15,17-18,20-22H2. The second-order valence-electron chi connectivity index (χ2n) is 16.8. The summed E-state index contributed by atoms with van der Waals surface area (Å²) in [6.45, 7) is 0.696. The summed E-state index contributed by atoms with van der Waals surface area (Å²) >= 11 is 13.2. The molecule has 3 saturated heterocycles. The van der Waals surface area contributed by atoms with Crippen LogP contribution in [0, 0.1) is 40.6 Å². The maximum absolute atomic E-state index is 17.7. The van der Waals surface area contributed by atoms with E-state index in [0.717, 1.165) is 31.5 Å². The molecule has 5 unspecified atom stereocenters. The van der Waals surface area contributed by atoms with Gasteiger partial charge in [-0.15, -0.1) is 0 Å². The summed E-state index contributed by atoms with van der Waals surface area (Å²) in [6, 6.07) is 14.3. The van der Waals surface area contributed by atoms with Gasteiger partial charge in [0.05, 0.1) is 63.6 Å². The SMILES string of the molecule is N#CCCc1cc2c(nc(C3=CCS(=O)(=O)CC3)c3cc(C4CC(OCc5c(F)cccc5F)CN4C(=O)C4CC4)n(C4C5CNC4C5)c32)c(F)c1-c1cccc(Cl)c1Cl. The Labute approximate surface area is 355 Å². The van der Waals surface area contributed by atoms with Gasteiger partial charge < -0.3 is 19.5 Å². The summed E-state index contributed by atoms with van der Waals surface area (Å²) < 4.78 is 81.1. The predicted molar refractivity (Wildman–Crippen MR) is 223 cm³/mol. The van der Waals surface area contributed by atoms with Crippen molar-refractivity contribution in [3.05, 3.63) is 105 Å². The first-order chi connectivity index (χ1) is 28.9. The van der Waals surface area contributed by atoms with Crippen molar-refractivity contribution < 1.29 is 31.1 Å². The van der Waals surface area contributed by atoms with E-state index in [1.54, 1.807) is 24.3 Å². The number of sulfone groups is 1. The number of carbonyl (C=O) groups is 1. The summed E-state index contributed by atoms with van der Waals surface area (Å²) in [7, 11) is -3.33. The molecule has 1 N–H and O–H groups in total. The number of nitriles is 1. The van der Waals surface area contributed by atoms with Crippen molar-refractivity contribution >= 4 is 66.3 Å². The van der Waals surface area contributed by atoms with Crippen LogP contribution in [0.25, 0.3) is 38.5 Å². The van der Waals surface area contributed by atoms with Crippen molar-refractivity contribution in [2.75, 3.05) is 24.6 Å². The number of halogens is 5. The Morgan fingerprint density at radius 1 is 1.05 bits per heavy atom. The van der Waals surface area contributed by atoms with Gasteiger partial charge in [-0.05, 0) is 79.5 Å². The molecule has 1 amide bonds. The lowest BCUT2D eigenvalue weighted by Gasteiger charge is -2.39. The zero-order valence-corrected chi connectivity index (χ0v) is 34.7. The molecule has 3 aromatic carbocycles. The van der Waals surface area contributed by atoms with E-state index in [1.165, 1.54) is 18.2 Å². The smallest absolute Gasteiger partial charge is 0.226 e. The van der Waals surface area contributed by atoms with E-state index >= 15 is 4.39 Å². The minimum atomic E-state index is -3.33. The van der Waals surface area contributed by atoms with Crippen LogP contribution >= 0.6 is 23.2 Å². The Hall–Kier alpha value is -4.45. The van der Waals surface area contributed by atoms with Crippen molar-refractivity contribution in [2.24, 2.45) is 11.8 Å². The fraction of sp³-hybridized carbons (Fsp3) is 0.400. The van der Waals surface area contributed by atoms with E-state index in [0.29, 0.717) is 45.1 Å². The van der Waals surface area contributed by atoms with Gasteiger partial charge in [-0.2, -0.15) is 5.26 Å². The van der Waals surface area contributed by atoms with Crippen LogP contribution in [0.15, 0.2) is 54.6 Å². The molecule has 2 bridgehead atoms. The number of amides is 1. The Bertz CT molecular complexity index is 2790. The Morgan fingerprint density at radius 3 is 2.52 bits per heavy atom. The van der Waals surface area contributed by atoms with Crippen LogP contribution in [0.5, 0.6) is 0 Å². The maximum atomic E-state index is 17.7. The number of ether oxygens (including phenoxy) is 1. The maximum Gasteiger partial charge on any atom is 0.226 e. The van der Waals surface area contributed by atoms with Gasteiger partial charge in [0.1, 0.15) is 17.2 Å². The lowest BCUT2D eigenvalue weighted by Crippen LogP contribution is -2.41. The number of pyridine rings is 1. The first kappa shape index (κ1) is 39.7. The third-order valence-corrected chi connectivity index (χ3v) is 15.5. The molecule has 6 heterocycles. The van der Waals surface area contributed by atoms with Crippen LogP contribution in [0.2, 0.25) is 10.0 Å². The van der Waals surface area contributed by atoms with Crippen LogP contribution in [-0.4, -0.2) is 65.5 Å². The molecule has 60 heavy (non-hydrogen) atoms. The minimum absolute atomic E-state index is 0.00837. The number of hydrogen-bond acceptors (Lipinski definition) is 7. The first-order valence-electron chi connectivity index (χ1n) is 20.4.